The molecular weight excluding hydrogens is 246 g/mol. The van der Waals surface area contributed by atoms with Gasteiger partial charge in [0.15, 0.2) is 0 Å². The average Bonchev–Trinajstić information content (AvgIpc) is 2.68. The number of hydrogen-bond acceptors (Lipinski definition) is 3. The van der Waals surface area contributed by atoms with Crippen molar-refractivity contribution in [3.05, 3.63) is 0 Å². The summed E-state index contributed by atoms with van der Waals surface area (Å²) in [5.74, 6) is 0. The van der Waals surface area contributed by atoms with Crippen molar-refractivity contribution in [2.75, 3.05) is 26.7 Å². The summed E-state index contributed by atoms with van der Waals surface area (Å²) >= 11 is 0. The zero-order valence-corrected chi connectivity index (χ0v) is 13.3. The number of nitrogens with zero attached hydrogens (tertiary/aromatic N) is 2. The Labute approximate surface area is 124 Å². The normalized spacial score (nSPS) is 37.0. The minimum Gasteiger partial charge on any atom is -0.329 e. The molecular formula is C17H33N3. The van der Waals surface area contributed by atoms with Gasteiger partial charge in [-0.05, 0) is 45.7 Å². The minimum absolute atomic E-state index is 0.273. The van der Waals surface area contributed by atoms with Crippen LogP contribution in [0.5, 0.6) is 0 Å². The zero-order chi connectivity index (χ0) is 14.0. The van der Waals surface area contributed by atoms with Gasteiger partial charge in [0.1, 0.15) is 0 Å². The SMILES string of the molecule is CN(C1CCCCCC1)C1(CN)CCN2CCCCC21. The van der Waals surface area contributed by atoms with Gasteiger partial charge in [0.25, 0.3) is 0 Å². The second-order valence-corrected chi connectivity index (χ2v) is 7.36. The Balaban J connectivity index is 1.76. The lowest BCUT2D eigenvalue weighted by atomic mass is 9.82. The van der Waals surface area contributed by atoms with Gasteiger partial charge in [-0.25, -0.2) is 0 Å². The van der Waals surface area contributed by atoms with Gasteiger partial charge in [-0.1, -0.05) is 32.1 Å². The molecule has 3 rings (SSSR count). The van der Waals surface area contributed by atoms with Crippen LogP contribution in [0.25, 0.3) is 0 Å². The van der Waals surface area contributed by atoms with Crippen molar-refractivity contribution in [2.45, 2.75) is 81.8 Å². The summed E-state index contributed by atoms with van der Waals surface area (Å²) in [5.41, 5.74) is 6.63. The summed E-state index contributed by atoms with van der Waals surface area (Å²) in [7, 11) is 2.39. The molecule has 0 spiro atoms. The van der Waals surface area contributed by atoms with Gasteiger partial charge < -0.3 is 5.73 Å². The van der Waals surface area contributed by atoms with Gasteiger partial charge in [-0.2, -0.15) is 0 Å². The molecule has 3 fully saturated rings. The summed E-state index contributed by atoms with van der Waals surface area (Å²) in [4.78, 5) is 5.48. The van der Waals surface area contributed by atoms with E-state index in [9.17, 15) is 0 Å². The molecule has 2 aliphatic heterocycles. The molecule has 0 radical (unpaired) electrons. The molecule has 3 nitrogen and oxygen atoms in total. The van der Waals surface area contributed by atoms with Crippen molar-refractivity contribution in [1.82, 2.24) is 9.80 Å². The lowest BCUT2D eigenvalue weighted by molar-refractivity contribution is 0.0220. The van der Waals surface area contributed by atoms with E-state index >= 15 is 0 Å². The molecule has 0 aromatic rings. The van der Waals surface area contributed by atoms with E-state index in [4.69, 9.17) is 5.73 Å². The highest BCUT2D eigenvalue weighted by molar-refractivity contribution is 5.09. The van der Waals surface area contributed by atoms with Crippen molar-refractivity contribution in [1.29, 1.82) is 0 Å². The van der Waals surface area contributed by atoms with Gasteiger partial charge in [0.05, 0.1) is 0 Å². The van der Waals surface area contributed by atoms with Crippen LogP contribution in [0.3, 0.4) is 0 Å². The fourth-order valence-corrected chi connectivity index (χ4v) is 5.17. The monoisotopic (exact) mass is 279 g/mol. The highest BCUT2D eigenvalue weighted by Crippen LogP contribution is 2.40. The quantitative estimate of drug-likeness (QED) is 0.806. The topological polar surface area (TPSA) is 32.5 Å². The van der Waals surface area contributed by atoms with E-state index in [1.807, 2.05) is 0 Å². The molecule has 2 atom stereocenters. The summed E-state index contributed by atoms with van der Waals surface area (Å²) in [6.45, 7) is 3.44. The molecule has 0 amide bonds. The van der Waals surface area contributed by atoms with Crippen LogP contribution < -0.4 is 5.73 Å². The molecule has 2 unspecified atom stereocenters. The van der Waals surface area contributed by atoms with Crippen LogP contribution in [0.4, 0.5) is 0 Å². The Hall–Kier alpha value is -0.120. The van der Waals surface area contributed by atoms with E-state index in [-0.39, 0.29) is 5.54 Å². The van der Waals surface area contributed by atoms with Crippen molar-refractivity contribution < 1.29 is 0 Å². The predicted octanol–water partition coefficient (Wildman–Crippen LogP) is 2.60. The highest BCUT2D eigenvalue weighted by Gasteiger charge is 2.50. The number of likely N-dealkylation sites (N-methyl/N-ethyl adjacent to an activating group) is 1. The minimum atomic E-state index is 0.273. The highest BCUT2D eigenvalue weighted by atomic mass is 15.3. The molecule has 2 N–H and O–H groups in total. The molecule has 0 aromatic heterocycles. The third kappa shape index (κ3) is 2.53. The average molecular weight is 279 g/mol. The number of hydrogen-bond donors (Lipinski definition) is 1. The molecule has 0 bridgehead atoms. The molecule has 0 aromatic carbocycles. The number of fused-ring (bicyclic) bond motifs is 1. The molecule has 3 aliphatic rings. The molecule has 116 valence electrons. The summed E-state index contributed by atoms with van der Waals surface area (Å²) in [5, 5.41) is 0. The first-order valence-corrected chi connectivity index (χ1v) is 8.95. The summed E-state index contributed by atoms with van der Waals surface area (Å²) < 4.78 is 0. The van der Waals surface area contributed by atoms with Crippen LogP contribution in [0.15, 0.2) is 0 Å². The van der Waals surface area contributed by atoms with Gasteiger partial charge >= 0.3 is 0 Å². The Bertz CT molecular complexity index is 311. The first-order chi connectivity index (χ1) is 9.78. The van der Waals surface area contributed by atoms with Crippen LogP contribution in [0.1, 0.15) is 64.2 Å². The molecule has 2 heterocycles. The maximum Gasteiger partial charge on any atom is 0.0498 e. The lowest BCUT2D eigenvalue weighted by Gasteiger charge is -2.49. The van der Waals surface area contributed by atoms with Crippen LogP contribution in [0, 0.1) is 0 Å². The molecule has 1 saturated carbocycles. The third-order valence-corrected chi connectivity index (χ3v) is 6.49. The van der Waals surface area contributed by atoms with Gasteiger partial charge in [-0.15, -0.1) is 0 Å². The Morgan fingerprint density at radius 2 is 1.70 bits per heavy atom. The van der Waals surface area contributed by atoms with Crippen LogP contribution in [-0.2, 0) is 0 Å². The molecule has 1 aliphatic carbocycles. The van der Waals surface area contributed by atoms with Crippen molar-refractivity contribution in [3.63, 3.8) is 0 Å². The number of piperidine rings is 1. The number of nitrogens with two attached hydrogens (primary N) is 1. The van der Waals surface area contributed by atoms with E-state index in [1.165, 1.54) is 77.3 Å². The summed E-state index contributed by atoms with van der Waals surface area (Å²) in [6.07, 6.45) is 14.0. The largest absolute Gasteiger partial charge is 0.329 e. The maximum atomic E-state index is 6.35. The van der Waals surface area contributed by atoms with Crippen LogP contribution in [-0.4, -0.2) is 54.1 Å². The Morgan fingerprint density at radius 1 is 1.00 bits per heavy atom. The molecule has 20 heavy (non-hydrogen) atoms. The predicted molar refractivity (Wildman–Crippen MR) is 84.9 cm³/mol. The van der Waals surface area contributed by atoms with Crippen molar-refractivity contribution in [2.24, 2.45) is 5.73 Å². The molecule has 2 saturated heterocycles. The smallest absolute Gasteiger partial charge is 0.0498 e. The van der Waals surface area contributed by atoms with Gasteiger partial charge in [0, 0.05) is 30.7 Å². The fourth-order valence-electron chi connectivity index (χ4n) is 5.17. The van der Waals surface area contributed by atoms with Crippen LogP contribution >= 0.6 is 0 Å². The Morgan fingerprint density at radius 3 is 2.40 bits per heavy atom. The first-order valence-electron chi connectivity index (χ1n) is 8.95. The second-order valence-electron chi connectivity index (χ2n) is 7.36. The van der Waals surface area contributed by atoms with E-state index in [1.54, 1.807) is 0 Å². The van der Waals surface area contributed by atoms with Crippen molar-refractivity contribution in [3.8, 4) is 0 Å². The summed E-state index contributed by atoms with van der Waals surface area (Å²) in [6, 6.07) is 1.51. The Kier molecular flexibility index (Phi) is 4.68. The zero-order valence-electron chi connectivity index (χ0n) is 13.3. The third-order valence-electron chi connectivity index (χ3n) is 6.49. The van der Waals surface area contributed by atoms with E-state index in [2.05, 4.69) is 16.8 Å². The standard InChI is InChI=1S/C17H33N3/c1-19(15-8-4-2-3-5-9-15)17(14-18)11-13-20-12-7-6-10-16(17)20/h15-16H,2-14,18H2,1H3. The van der Waals surface area contributed by atoms with Gasteiger partial charge in [0.2, 0.25) is 0 Å². The van der Waals surface area contributed by atoms with E-state index < -0.39 is 0 Å². The van der Waals surface area contributed by atoms with E-state index in [0.717, 1.165) is 18.6 Å². The van der Waals surface area contributed by atoms with Crippen LogP contribution in [0.2, 0.25) is 0 Å². The van der Waals surface area contributed by atoms with E-state index in [0.29, 0.717) is 0 Å². The van der Waals surface area contributed by atoms with Crippen molar-refractivity contribution >= 4 is 0 Å². The second kappa shape index (κ2) is 6.33. The first kappa shape index (κ1) is 14.8. The lowest BCUT2D eigenvalue weighted by Crippen LogP contribution is -2.63. The maximum absolute atomic E-state index is 6.35. The number of rotatable bonds is 3. The van der Waals surface area contributed by atoms with Gasteiger partial charge in [-0.3, -0.25) is 9.80 Å². The fraction of sp³-hybridized carbons (Fsp3) is 1.00. The molecule has 3 heteroatoms.